The van der Waals surface area contributed by atoms with Gasteiger partial charge in [-0.1, -0.05) is 0 Å². The summed E-state index contributed by atoms with van der Waals surface area (Å²) < 4.78 is 66.3. The molecule has 0 amide bonds. The van der Waals surface area contributed by atoms with E-state index in [4.69, 9.17) is 19.8 Å². The van der Waals surface area contributed by atoms with Gasteiger partial charge in [0.2, 0.25) is 0 Å². The number of carboxylic acid groups (broad SMARTS) is 2. The van der Waals surface area contributed by atoms with Gasteiger partial charge in [0.15, 0.2) is 0 Å². The molecule has 0 aromatic heterocycles. The summed E-state index contributed by atoms with van der Waals surface area (Å²) in [6.45, 7) is 4.58. The van der Waals surface area contributed by atoms with Crippen LogP contribution in [-0.2, 0) is 9.59 Å². The fraction of sp³-hybridized carbons (Fsp3) is 0.833. The number of aliphatic carboxylic acids is 2. The largest absolute Gasteiger partial charge is 0.542 e. The summed E-state index contributed by atoms with van der Waals surface area (Å²) in [4.78, 5) is 17.6. The van der Waals surface area contributed by atoms with E-state index in [0.717, 1.165) is 0 Å². The van der Waals surface area contributed by atoms with Gasteiger partial charge in [-0.2, -0.15) is 26.3 Å². The molecule has 4 nitrogen and oxygen atoms in total. The van der Waals surface area contributed by atoms with E-state index in [0.29, 0.717) is 0 Å². The van der Waals surface area contributed by atoms with Crippen molar-refractivity contribution in [3.8, 4) is 0 Å². The van der Waals surface area contributed by atoms with Crippen LogP contribution in [0, 0.1) is 0 Å². The van der Waals surface area contributed by atoms with Gasteiger partial charge < -0.3 is 19.8 Å². The molecular weight excluding hydrogens is 441 g/mol. The monoisotopic (exact) mass is 460 g/mol. The summed E-state index contributed by atoms with van der Waals surface area (Å²) in [6.07, 6.45) is -4.55. The zero-order chi connectivity index (χ0) is 19.1. The van der Waals surface area contributed by atoms with Gasteiger partial charge in [0.1, 0.15) is 11.9 Å². The third-order valence-corrected chi connectivity index (χ3v) is 5.91. The van der Waals surface area contributed by atoms with E-state index in [2.05, 4.69) is 13.8 Å². The number of hydrogen-bond acceptors (Lipinski definition) is 4. The second-order valence-electron chi connectivity index (χ2n) is 4.03. The molecule has 0 aliphatic carbocycles. The van der Waals surface area contributed by atoms with Crippen LogP contribution in [0.3, 0.4) is 0 Å². The Bertz CT molecular complexity index is 288. The molecule has 0 atom stereocenters. The van der Waals surface area contributed by atoms with Crippen molar-refractivity contribution >= 4 is 33.1 Å². The molecule has 0 radical (unpaired) electrons. The number of carbonyl (C=O) groups is 2. The van der Waals surface area contributed by atoms with Crippen molar-refractivity contribution in [2.45, 2.75) is 60.8 Å². The van der Waals surface area contributed by atoms with Crippen LogP contribution >= 0.6 is 0 Å². The van der Waals surface area contributed by atoms with Gasteiger partial charge in [0.05, 0.1) is 0 Å². The Balaban J connectivity index is -0.000000264. The Kier molecular flexibility index (Phi) is 17.6. The molecule has 0 saturated heterocycles. The molecule has 0 spiro atoms. The first kappa shape index (κ1) is 27.2. The molecule has 11 heteroatoms. The maximum absolute atomic E-state index is 10.5. The summed E-state index contributed by atoms with van der Waals surface area (Å²) in [5.74, 6) is -6.01. The first-order valence-corrected chi connectivity index (χ1v) is 10.6. The molecular formula is C12H18F6O4Sn. The van der Waals surface area contributed by atoms with Gasteiger partial charge >= 0.3 is 81.9 Å². The number of carboxylic acids is 2. The first-order chi connectivity index (χ1) is 10.3. The van der Waals surface area contributed by atoms with E-state index in [1.807, 2.05) is 0 Å². The van der Waals surface area contributed by atoms with Gasteiger partial charge in [0.25, 0.3) is 0 Å². The molecule has 0 saturated carbocycles. The van der Waals surface area contributed by atoms with Crippen molar-refractivity contribution in [1.82, 2.24) is 0 Å². The minimum atomic E-state index is -5.19. The molecule has 0 fully saturated rings. The van der Waals surface area contributed by atoms with Crippen LogP contribution in [0.5, 0.6) is 0 Å². The van der Waals surface area contributed by atoms with E-state index < -0.39 is 24.3 Å². The molecule has 0 aliphatic heterocycles. The molecule has 0 aromatic rings. The average Bonchev–Trinajstić information content (AvgIpc) is 2.38. The maximum atomic E-state index is 10.5. The zero-order valence-electron chi connectivity index (χ0n) is 12.6. The number of unbranched alkanes of at least 4 members (excludes halogenated alkanes) is 2. The summed E-state index contributed by atoms with van der Waals surface area (Å²) in [6, 6.07) is 0. The Hall–Kier alpha value is -0.681. The minimum absolute atomic E-state index is 0.149. The summed E-state index contributed by atoms with van der Waals surface area (Å²) >= 11 is 0.149. The second-order valence-corrected chi connectivity index (χ2v) is 8.31. The molecule has 0 N–H and O–H groups in total. The van der Waals surface area contributed by atoms with Crippen molar-refractivity contribution in [3.05, 3.63) is 0 Å². The van der Waals surface area contributed by atoms with Crippen molar-refractivity contribution in [2.75, 3.05) is 0 Å². The van der Waals surface area contributed by atoms with Crippen molar-refractivity contribution < 1.29 is 46.1 Å². The van der Waals surface area contributed by atoms with Crippen LogP contribution in [0.2, 0.25) is 8.87 Å². The number of hydrogen-bond donors (Lipinski definition) is 0. The van der Waals surface area contributed by atoms with Crippen LogP contribution in [0.4, 0.5) is 26.3 Å². The van der Waals surface area contributed by atoms with Crippen molar-refractivity contribution in [3.63, 3.8) is 0 Å². The van der Waals surface area contributed by atoms with E-state index in [-0.39, 0.29) is 21.1 Å². The molecule has 0 aliphatic rings. The maximum Gasteiger partial charge on any atom is 0.430 e. The van der Waals surface area contributed by atoms with E-state index in [1.54, 1.807) is 8.87 Å². The standard InChI is InChI=1S/2C4H9.2C2HF3O2.Sn/c2*1-3-4-2;2*3-2(4,5)1(6)7;/h2*1,3-4H2,2H3;2*(H,6,7);/q;;;;+2/p-2. The van der Waals surface area contributed by atoms with E-state index in [9.17, 15) is 26.3 Å². The van der Waals surface area contributed by atoms with Crippen LogP contribution in [0.1, 0.15) is 39.5 Å². The van der Waals surface area contributed by atoms with E-state index >= 15 is 0 Å². The van der Waals surface area contributed by atoms with Gasteiger partial charge in [-0.05, 0) is 0 Å². The van der Waals surface area contributed by atoms with Crippen molar-refractivity contribution in [2.24, 2.45) is 0 Å². The van der Waals surface area contributed by atoms with Crippen LogP contribution in [0.25, 0.3) is 0 Å². The fourth-order valence-electron chi connectivity index (χ4n) is 0.729. The van der Waals surface area contributed by atoms with Crippen LogP contribution in [-0.4, -0.2) is 45.4 Å². The number of rotatable bonds is 6. The normalized spacial score (nSPS) is 10.4. The molecule has 136 valence electrons. The van der Waals surface area contributed by atoms with Gasteiger partial charge in [0, 0.05) is 0 Å². The third-order valence-electron chi connectivity index (χ3n) is 1.88. The number of halogens is 6. The summed E-state index contributed by atoms with van der Waals surface area (Å²) in [5, 5.41) is 17.6. The van der Waals surface area contributed by atoms with Gasteiger partial charge in [-0.3, -0.25) is 0 Å². The molecule has 0 aromatic carbocycles. The predicted molar refractivity (Wildman–Crippen MR) is 67.3 cm³/mol. The average molecular weight is 459 g/mol. The van der Waals surface area contributed by atoms with Gasteiger partial charge in [-0.15, -0.1) is 0 Å². The quantitative estimate of drug-likeness (QED) is 0.345. The minimum Gasteiger partial charge on any atom is -0.542 e. The smallest absolute Gasteiger partial charge is 0.430 e. The van der Waals surface area contributed by atoms with E-state index in [1.165, 1.54) is 25.7 Å². The Morgan fingerprint density at radius 1 is 0.783 bits per heavy atom. The number of carbonyl (C=O) groups excluding carboxylic acids is 2. The SMILES string of the molecule is CCC[CH2][Sn+2][CH2]CCC.O=C([O-])C(F)(F)F.O=C([O-])C(F)(F)F. The van der Waals surface area contributed by atoms with Crippen LogP contribution in [0.15, 0.2) is 0 Å². The Morgan fingerprint density at radius 2 is 1.00 bits per heavy atom. The Morgan fingerprint density at radius 3 is 1.13 bits per heavy atom. The molecule has 0 rings (SSSR count). The third kappa shape index (κ3) is 26.5. The zero-order valence-corrected chi connectivity index (χ0v) is 15.5. The van der Waals surface area contributed by atoms with Crippen LogP contribution < -0.4 is 10.2 Å². The Labute approximate surface area is 140 Å². The van der Waals surface area contributed by atoms with Gasteiger partial charge in [-0.25, -0.2) is 0 Å². The molecule has 0 bridgehead atoms. The fourth-order valence-corrected chi connectivity index (χ4v) is 4.89. The topological polar surface area (TPSA) is 80.3 Å². The summed E-state index contributed by atoms with van der Waals surface area (Å²) in [7, 11) is 0. The molecule has 0 unspecified atom stereocenters. The summed E-state index contributed by atoms with van der Waals surface area (Å²) in [5.41, 5.74) is 0. The first-order valence-electron chi connectivity index (χ1n) is 6.57. The molecule has 23 heavy (non-hydrogen) atoms. The number of alkyl halides is 6. The van der Waals surface area contributed by atoms with Crippen molar-refractivity contribution in [1.29, 1.82) is 0 Å². The predicted octanol–water partition coefficient (Wildman–Crippen LogP) is 1.72. The molecule has 0 heterocycles. The second kappa shape index (κ2) is 14.9.